The highest BCUT2D eigenvalue weighted by atomic mass is 19.3. The van der Waals surface area contributed by atoms with Crippen molar-refractivity contribution in [3.8, 4) is 0 Å². The Morgan fingerprint density at radius 3 is 2.56 bits per heavy atom. The summed E-state index contributed by atoms with van der Waals surface area (Å²) in [6, 6.07) is 10.3. The molecule has 2 aromatic rings. The summed E-state index contributed by atoms with van der Waals surface area (Å²) in [7, 11) is 0. The van der Waals surface area contributed by atoms with Crippen LogP contribution in [0.2, 0.25) is 0 Å². The second-order valence-electron chi connectivity index (χ2n) is 3.80. The molecule has 0 unspecified atom stereocenters. The molecule has 1 aromatic carbocycles. The van der Waals surface area contributed by atoms with Gasteiger partial charge < -0.3 is 5.32 Å². The SMILES string of the molecule is FC(F)C(F)(F)CNc1ccc2ccccc2n1. The van der Waals surface area contributed by atoms with Crippen molar-refractivity contribution in [2.45, 2.75) is 12.3 Å². The van der Waals surface area contributed by atoms with Crippen LogP contribution < -0.4 is 5.32 Å². The molecule has 96 valence electrons. The van der Waals surface area contributed by atoms with Gasteiger partial charge in [-0.1, -0.05) is 18.2 Å². The second kappa shape index (κ2) is 4.80. The lowest BCUT2D eigenvalue weighted by Gasteiger charge is -2.16. The van der Waals surface area contributed by atoms with Crippen molar-refractivity contribution in [1.82, 2.24) is 4.98 Å². The molecule has 0 aliphatic rings. The molecule has 1 aromatic heterocycles. The number of nitrogens with zero attached hydrogens (tertiary/aromatic N) is 1. The summed E-state index contributed by atoms with van der Waals surface area (Å²) in [5.74, 6) is -3.91. The average molecular weight is 258 g/mol. The van der Waals surface area contributed by atoms with Gasteiger partial charge in [-0.2, -0.15) is 8.78 Å². The molecular formula is C12H10F4N2. The van der Waals surface area contributed by atoms with E-state index >= 15 is 0 Å². The summed E-state index contributed by atoms with van der Waals surface area (Å²) < 4.78 is 49.3. The zero-order chi connectivity index (χ0) is 13.2. The molecule has 2 nitrogen and oxygen atoms in total. The Balaban J connectivity index is 2.13. The molecule has 0 bridgehead atoms. The highest BCUT2D eigenvalue weighted by Crippen LogP contribution is 2.23. The molecule has 0 atom stereocenters. The minimum Gasteiger partial charge on any atom is -0.364 e. The van der Waals surface area contributed by atoms with Gasteiger partial charge in [-0.25, -0.2) is 13.8 Å². The number of pyridine rings is 1. The zero-order valence-corrected chi connectivity index (χ0v) is 9.21. The molecular weight excluding hydrogens is 248 g/mol. The van der Waals surface area contributed by atoms with E-state index in [2.05, 4.69) is 10.3 Å². The van der Waals surface area contributed by atoms with Crippen LogP contribution in [0.3, 0.4) is 0 Å². The molecule has 0 aliphatic heterocycles. The Labute approximate surface area is 101 Å². The number of alkyl halides is 4. The average Bonchev–Trinajstić information content (AvgIpc) is 2.36. The van der Waals surface area contributed by atoms with Gasteiger partial charge in [-0.15, -0.1) is 0 Å². The third-order valence-electron chi connectivity index (χ3n) is 2.42. The number of aromatic nitrogens is 1. The van der Waals surface area contributed by atoms with Crippen molar-refractivity contribution < 1.29 is 17.6 Å². The number of rotatable bonds is 4. The lowest BCUT2D eigenvalue weighted by atomic mass is 10.2. The summed E-state index contributed by atoms with van der Waals surface area (Å²) in [6.07, 6.45) is -3.69. The first kappa shape index (κ1) is 12.6. The van der Waals surface area contributed by atoms with Crippen LogP contribution in [0.1, 0.15) is 0 Å². The van der Waals surface area contributed by atoms with Crippen LogP contribution in [0.4, 0.5) is 23.4 Å². The van der Waals surface area contributed by atoms with E-state index in [4.69, 9.17) is 0 Å². The maximum Gasteiger partial charge on any atom is 0.324 e. The molecule has 0 amide bonds. The number of anilines is 1. The molecule has 0 aliphatic carbocycles. The minimum atomic E-state index is -4.06. The van der Waals surface area contributed by atoms with Gasteiger partial charge in [0.05, 0.1) is 12.1 Å². The normalized spacial score (nSPS) is 12.1. The van der Waals surface area contributed by atoms with Crippen molar-refractivity contribution in [2.24, 2.45) is 0 Å². The van der Waals surface area contributed by atoms with Crippen molar-refractivity contribution in [3.05, 3.63) is 36.4 Å². The van der Waals surface area contributed by atoms with Crippen LogP contribution in [-0.2, 0) is 0 Å². The molecule has 0 fully saturated rings. The number of benzene rings is 1. The summed E-state index contributed by atoms with van der Waals surface area (Å²) in [6.45, 7) is -1.14. The van der Waals surface area contributed by atoms with Gasteiger partial charge in [0.15, 0.2) is 0 Å². The molecule has 6 heteroatoms. The summed E-state index contributed by atoms with van der Waals surface area (Å²) in [5.41, 5.74) is 0.614. The van der Waals surface area contributed by atoms with Gasteiger partial charge >= 0.3 is 12.3 Å². The fraction of sp³-hybridized carbons (Fsp3) is 0.250. The molecule has 1 heterocycles. The van der Waals surface area contributed by atoms with Gasteiger partial charge in [0.2, 0.25) is 0 Å². The minimum absolute atomic E-state index is 0.147. The summed E-state index contributed by atoms with van der Waals surface area (Å²) in [5, 5.41) is 3.07. The number of fused-ring (bicyclic) bond motifs is 1. The lowest BCUT2D eigenvalue weighted by Crippen LogP contribution is -2.35. The predicted octanol–water partition coefficient (Wildman–Crippen LogP) is 3.55. The molecule has 2 rings (SSSR count). The van der Waals surface area contributed by atoms with Gasteiger partial charge in [-0.05, 0) is 18.2 Å². The van der Waals surface area contributed by atoms with Crippen LogP contribution in [0, 0.1) is 0 Å². The van der Waals surface area contributed by atoms with Gasteiger partial charge in [0.1, 0.15) is 5.82 Å². The van der Waals surface area contributed by atoms with Gasteiger partial charge in [-0.3, -0.25) is 0 Å². The summed E-state index contributed by atoms with van der Waals surface area (Å²) >= 11 is 0. The van der Waals surface area contributed by atoms with E-state index in [1.165, 1.54) is 6.07 Å². The number of hydrogen-bond donors (Lipinski definition) is 1. The van der Waals surface area contributed by atoms with E-state index in [9.17, 15) is 17.6 Å². The molecule has 0 radical (unpaired) electrons. The Morgan fingerprint density at radius 1 is 1.11 bits per heavy atom. The van der Waals surface area contributed by atoms with Crippen molar-refractivity contribution in [2.75, 3.05) is 11.9 Å². The third-order valence-corrected chi connectivity index (χ3v) is 2.42. The van der Waals surface area contributed by atoms with Crippen molar-refractivity contribution >= 4 is 16.7 Å². The van der Waals surface area contributed by atoms with Crippen LogP contribution >= 0.6 is 0 Å². The van der Waals surface area contributed by atoms with Gasteiger partial charge in [0, 0.05) is 5.39 Å². The van der Waals surface area contributed by atoms with Crippen LogP contribution in [0.5, 0.6) is 0 Å². The van der Waals surface area contributed by atoms with E-state index in [0.717, 1.165) is 5.39 Å². The van der Waals surface area contributed by atoms with E-state index in [1.807, 2.05) is 12.1 Å². The highest BCUT2D eigenvalue weighted by Gasteiger charge is 2.40. The quantitative estimate of drug-likeness (QED) is 0.848. The molecule has 0 saturated heterocycles. The van der Waals surface area contributed by atoms with Crippen LogP contribution in [0.25, 0.3) is 10.9 Å². The standard InChI is InChI=1S/C12H10F4N2/c13-11(14)12(15,16)7-17-10-6-5-8-3-1-2-4-9(8)18-10/h1-6,11H,7H2,(H,17,18). The fourth-order valence-electron chi connectivity index (χ4n) is 1.45. The molecule has 0 saturated carbocycles. The van der Waals surface area contributed by atoms with E-state index in [1.54, 1.807) is 18.2 Å². The predicted molar refractivity (Wildman–Crippen MR) is 61.2 cm³/mol. The monoisotopic (exact) mass is 258 g/mol. The number of nitrogens with one attached hydrogen (secondary N) is 1. The van der Waals surface area contributed by atoms with Crippen molar-refractivity contribution in [3.63, 3.8) is 0 Å². The number of halogens is 4. The van der Waals surface area contributed by atoms with E-state index in [-0.39, 0.29) is 5.82 Å². The molecule has 1 N–H and O–H groups in total. The Hall–Kier alpha value is -1.85. The van der Waals surface area contributed by atoms with Crippen LogP contribution in [0.15, 0.2) is 36.4 Å². The first-order valence-electron chi connectivity index (χ1n) is 5.25. The topological polar surface area (TPSA) is 24.9 Å². The number of para-hydroxylation sites is 1. The maximum atomic E-state index is 12.7. The Kier molecular flexibility index (Phi) is 3.36. The Bertz CT molecular complexity index is 542. The van der Waals surface area contributed by atoms with E-state index in [0.29, 0.717) is 5.52 Å². The first-order valence-corrected chi connectivity index (χ1v) is 5.25. The van der Waals surface area contributed by atoms with Gasteiger partial charge in [0.25, 0.3) is 0 Å². The summed E-state index contributed by atoms with van der Waals surface area (Å²) in [4.78, 5) is 4.05. The van der Waals surface area contributed by atoms with E-state index < -0.39 is 18.9 Å². The smallest absolute Gasteiger partial charge is 0.324 e. The second-order valence-corrected chi connectivity index (χ2v) is 3.80. The Morgan fingerprint density at radius 2 is 1.83 bits per heavy atom. The lowest BCUT2D eigenvalue weighted by molar-refractivity contribution is -0.117. The zero-order valence-electron chi connectivity index (χ0n) is 9.21. The van der Waals surface area contributed by atoms with Crippen molar-refractivity contribution in [1.29, 1.82) is 0 Å². The maximum absolute atomic E-state index is 12.7. The first-order chi connectivity index (χ1) is 8.49. The fourth-order valence-corrected chi connectivity index (χ4v) is 1.45. The molecule has 0 spiro atoms. The largest absolute Gasteiger partial charge is 0.364 e. The van der Waals surface area contributed by atoms with Crippen LogP contribution in [-0.4, -0.2) is 23.9 Å². The number of hydrogen-bond acceptors (Lipinski definition) is 2. The highest BCUT2D eigenvalue weighted by molar-refractivity contribution is 5.80. The third kappa shape index (κ3) is 2.69. The molecule has 18 heavy (non-hydrogen) atoms.